The van der Waals surface area contributed by atoms with E-state index in [1.54, 1.807) is 0 Å². The van der Waals surface area contributed by atoms with E-state index in [-0.39, 0.29) is 11.6 Å². The number of hydrogen-bond acceptors (Lipinski definition) is 2. The van der Waals surface area contributed by atoms with Crippen molar-refractivity contribution in [2.75, 3.05) is 0 Å². The molecule has 2 aromatic rings. The van der Waals surface area contributed by atoms with Gasteiger partial charge in [0.15, 0.2) is 0 Å². The molecular formula is C18H14O2. The highest BCUT2D eigenvalue weighted by molar-refractivity contribution is 6.45. The van der Waals surface area contributed by atoms with E-state index >= 15 is 0 Å². The summed E-state index contributed by atoms with van der Waals surface area (Å²) in [7, 11) is 0. The maximum atomic E-state index is 12.4. The molecule has 98 valence electrons. The summed E-state index contributed by atoms with van der Waals surface area (Å²) in [4.78, 5) is 24.7. The Balaban J connectivity index is 2.09. The van der Waals surface area contributed by atoms with Crippen LogP contribution in [0.3, 0.4) is 0 Å². The van der Waals surface area contributed by atoms with Crippen LogP contribution in [0.15, 0.2) is 36.4 Å². The number of Topliss-reactive ketones (excluding diaryl/α,β-unsaturated/α-hetero) is 2. The van der Waals surface area contributed by atoms with E-state index in [0.717, 1.165) is 33.4 Å². The summed E-state index contributed by atoms with van der Waals surface area (Å²) < 4.78 is 0. The van der Waals surface area contributed by atoms with Crippen LogP contribution in [0.25, 0.3) is 0 Å². The minimum Gasteiger partial charge on any atom is -0.290 e. The van der Waals surface area contributed by atoms with Gasteiger partial charge in [-0.25, -0.2) is 0 Å². The van der Waals surface area contributed by atoms with Gasteiger partial charge >= 0.3 is 0 Å². The van der Waals surface area contributed by atoms with E-state index in [9.17, 15) is 9.59 Å². The topological polar surface area (TPSA) is 34.1 Å². The third-order valence-corrected chi connectivity index (χ3v) is 4.50. The predicted octanol–water partition coefficient (Wildman–Crippen LogP) is 3.03. The van der Waals surface area contributed by atoms with Gasteiger partial charge in [-0.2, -0.15) is 0 Å². The Labute approximate surface area is 117 Å². The fourth-order valence-electron chi connectivity index (χ4n) is 3.60. The fourth-order valence-corrected chi connectivity index (χ4v) is 3.60. The molecule has 0 saturated heterocycles. The van der Waals surface area contributed by atoms with Crippen LogP contribution in [0.2, 0.25) is 0 Å². The molecule has 2 aromatic carbocycles. The quantitative estimate of drug-likeness (QED) is 0.684. The average Bonchev–Trinajstić information content (AvgIpc) is 2.42. The van der Waals surface area contributed by atoms with Gasteiger partial charge in [0.05, 0.1) is 11.8 Å². The third-order valence-electron chi connectivity index (χ3n) is 4.50. The van der Waals surface area contributed by atoms with Crippen molar-refractivity contribution >= 4 is 11.6 Å². The Hall–Kier alpha value is -2.22. The Kier molecular flexibility index (Phi) is 2.12. The molecule has 0 aliphatic heterocycles. The molecule has 3 aliphatic rings. The summed E-state index contributed by atoms with van der Waals surface area (Å²) in [5.41, 5.74) is 6.34. The molecule has 0 N–H and O–H groups in total. The largest absolute Gasteiger partial charge is 0.290 e. The molecule has 20 heavy (non-hydrogen) atoms. The van der Waals surface area contributed by atoms with Crippen LogP contribution in [-0.2, 0) is 9.59 Å². The summed E-state index contributed by atoms with van der Waals surface area (Å²) in [6.07, 6.45) is 0. The number of carbonyl (C=O) groups excluding carboxylic acids is 2. The Morgan fingerprint density at radius 2 is 1.05 bits per heavy atom. The molecule has 0 amide bonds. The maximum absolute atomic E-state index is 12.4. The molecule has 2 nitrogen and oxygen atoms in total. The van der Waals surface area contributed by atoms with E-state index in [1.165, 1.54) is 0 Å². The Morgan fingerprint density at radius 3 is 1.45 bits per heavy atom. The van der Waals surface area contributed by atoms with E-state index in [0.29, 0.717) is 0 Å². The summed E-state index contributed by atoms with van der Waals surface area (Å²) in [6, 6.07) is 12.2. The highest BCUT2D eigenvalue weighted by Gasteiger charge is 2.48. The number of aryl methyl sites for hydroxylation is 2. The Morgan fingerprint density at radius 1 is 0.650 bits per heavy atom. The molecule has 3 aliphatic carbocycles. The molecule has 2 atom stereocenters. The normalized spacial score (nSPS) is 22.7. The maximum Gasteiger partial charge on any atom is 0.211 e. The van der Waals surface area contributed by atoms with Gasteiger partial charge in [-0.15, -0.1) is 0 Å². The highest BCUT2D eigenvalue weighted by atomic mass is 16.2. The number of ketones is 2. The van der Waals surface area contributed by atoms with Gasteiger partial charge in [-0.05, 0) is 36.1 Å². The van der Waals surface area contributed by atoms with Gasteiger partial charge in [0, 0.05) is 0 Å². The molecule has 5 rings (SSSR count). The van der Waals surface area contributed by atoms with E-state index in [1.807, 2.05) is 38.1 Å². The lowest BCUT2D eigenvalue weighted by Crippen LogP contribution is -2.40. The van der Waals surface area contributed by atoms with Crippen LogP contribution in [0, 0.1) is 13.8 Å². The van der Waals surface area contributed by atoms with Crippen molar-refractivity contribution in [3.8, 4) is 0 Å². The monoisotopic (exact) mass is 262 g/mol. The first-order chi connectivity index (χ1) is 9.58. The fraction of sp³-hybridized carbons (Fsp3) is 0.222. The molecule has 0 aromatic heterocycles. The van der Waals surface area contributed by atoms with Gasteiger partial charge in [-0.1, -0.05) is 47.5 Å². The zero-order chi connectivity index (χ0) is 14.0. The lowest BCUT2D eigenvalue weighted by molar-refractivity contribution is -0.138. The zero-order valence-corrected chi connectivity index (χ0v) is 11.4. The lowest BCUT2D eigenvalue weighted by Gasteiger charge is -2.38. The molecule has 2 bridgehead atoms. The first kappa shape index (κ1) is 11.6. The summed E-state index contributed by atoms with van der Waals surface area (Å²) >= 11 is 0. The molecule has 2 unspecified atom stereocenters. The van der Waals surface area contributed by atoms with Gasteiger partial charge in [0.2, 0.25) is 11.6 Å². The average molecular weight is 262 g/mol. The van der Waals surface area contributed by atoms with Crippen molar-refractivity contribution in [2.24, 2.45) is 0 Å². The third kappa shape index (κ3) is 1.29. The van der Waals surface area contributed by atoms with Crippen molar-refractivity contribution in [1.82, 2.24) is 0 Å². The number of rotatable bonds is 0. The van der Waals surface area contributed by atoms with Crippen LogP contribution < -0.4 is 0 Å². The lowest BCUT2D eigenvalue weighted by atomic mass is 9.62. The number of carbonyl (C=O) groups is 2. The van der Waals surface area contributed by atoms with Crippen molar-refractivity contribution in [1.29, 1.82) is 0 Å². The van der Waals surface area contributed by atoms with Crippen molar-refractivity contribution in [2.45, 2.75) is 25.7 Å². The second-order valence-corrected chi connectivity index (χ2v) is 5.86. The molecular weight excluding hydrogens is 248 g/mol. The second kappa shape index (κ2) is 3.66. The SMILES string of the molecule is Cc1ccc2c(c1)C1C(=O)C(=O)C2c2cc(C)ccc21. The van der Waals surface area contributed by atoms with Crippen LogP contribution >= 0.6 is 0 Å². The van der Waals surface area contributed by atoms with Gasteiger partial charge in [0.1, 0.15) is 0 Å². The smallest absolute Gasteiger partial charge is 0.211 e. The molecule has 0 radical (unpaired) electrons. The van der Waals surface area contributed by atoms with E-state index in [4.69, 9.17) is 0 Å². The minimum atomic E-state index is -0.391. The van der Waals surface area contributed by atoms with E-state index in [2.05, 4.69) is 12.1 Å². The summed E-state index contributed by atoms with van der Waals surface area (Å²) in [6.45, 7) is 4.04. The molecule has 0 heterocycles. The second-order valence-electron chi connectivity index (χ2n) is 5.86. The first-order valence-corrected chi connectivity index (χ1v) is 6.87. The standard InChI is InChI=1S/C18H14O2/c1-9-3-5-11-13(7-9)15-12-6-4-10(2)8-14(12)16(11)18(20)17(15)19/h3-8,15-16H,1-2H3. The molecule has 0 fully saturated rings. The van der Waals surface area contributed by atoms with Crippen molar-refractivity contribution < 1.29 is 9.59 Å². The van der Waals surface area contributed by atoms with Crippen molar-refractivity contribution in [3.05, 3.63) is 69.8 Å². The minimum absolute atomic E-state index is 0.246. The van der Waals surface area contributed by atoms with Gasteiger partial charge in [0.25, 0.3) is 0 Å². The number of benzene rings is 2. The van der Waals surface area contributed by atoms with Gasteiger partial charge in [-0.3, -0.25) is 9.59 Å². The molecule has 0 spiro atoms. The van der Waals surface area contributed by atoms with Crippen LogP contribution in [0.4, 0.5) is 0 Å². The summed E-state index contributed by atoms with van der Waals surface area (Å²) in [5.74, 6) is -1.27. The van der Waals surface area contributed by atoms with E-state index < -0.39 is 11.8 Å². The highest BCUT2D eigenvalue weighted by Crippen LogP contribution is 2.49. The van der Waals surface area contributed by atoms with Gasteiger partial charge < -0.3 is 0 Å². The predicted molar refractivity (Wildman–Crippen MR) is 76.1 cm³/mol. The van der Waals surface area contributed by atoms with Crippen molar-refractivity contribution in [3.63, 3.8) is 0 Å². The first-order valence-electron chi connectivity index (χ1n) is 6.87. The van der Waals surface area contributed by atoms with Crippen LogP contribution in [-0.4, -0.2) is 11.6 Å². The number of hydrogen-bond donors (Lipinski definition) is 0. The van der Waals surface area contributed by atoms with Crippen LogP contribution in [0.1, 0.15) is 45.2 Å². The molecule has 0 saturated carbocycles. The Bertz CT molecular complexity index is 719. The summed E-state index contributed by atoms with van der Waals surface area (Å²) in [5, 5.41) is 0. The van der Waals surface area contributed by atoms with Crippen LogP contribution in [0.5, 0.6) is 0 Å². The zero-order valence-electron chi connectivity index (χ0n) is 11.4. The molecule has 2 heteroatoms. The number of fused-ring (bicyclic) bond motifs is 1.